The molecule has 1 atom stereocenters. The molecule has 6 heteroatoms. The van der Waals surface area contributed by atoms with E-state index in [-0.39, 0.29) is 12.1 Å². The fourth-order valence-corrected chi connectivity index (χ4v) is 3.18. The summed E-state index contributed by atoms with van der Waals surface area (Å²) in [4.78, 5) is 16.3. The lowest BCUT2D eigenvalue weighted by molar-refractivity contribution is 0.0195. The lowest BCUT2D eigenvalue weighted by Gasteiger charge is -2.45. The van der Waals surface area contributed by atoms with Gasteiger partial charge in [0.15, 0.2) is 0 Å². The molecule has 1 saturated heterocycles. The van der Waals surface area contributed by atoms with E-state index in [1.54, 1.807) is 4.90 Å². The zero-order valence-electron chi connectivity index (χ0n) is 13.1. The summed E-state index contributed by atoms with van der Waals surface area (Å²) in [5, 5.41) is 0. The van der Waals surface area contributed by atoms with Crippen molar-refractivity contribution in [3.05, 3.63) is 22.7 Å². The second-order valence-corrected chi connectivity index (χ2v) is 7.61. The molecule has 0 aliphatic carbocycles. The number of piperazine rings is 1. The van der Waals surface area contributed by atoms with Gasteiger partial charge in [-0.2, -0.15) is 0 Å². The smallest absolute Gasteiger partial charge is 0.410 e. The molecule has 1 aromatic carbocycles. The standard InChI is InChI=1S/C16H21BrN2O3/c1-16(2,3)22-15(20)18-6-7-19-12(9-18)10-21-14-5-4-11(17)8-13(14)19/h4-5,8,12H,6-7,9-10H2,1-3H3/t12-/m0/s1. The number of anilines is 1. The van der Waals surface area contributed by atoms with Crippen molar-refractivity contribution in [1.29, 1.82) is 0 Å². The molecule has 120 valence electrons. The Morgan fingerprint density at radius 2 is 2.14 bits per heavy atom. The van der Waals surface area contributed by atoms with Crippen LogP contribution < -0.4 is 9.64 Å². The lowest BCUT2D eigenvalue weighted by Crippen LogP contribution is -2.59. The van der Waals surface area contributed by atoms with Gasteiger partial charge < -0.3 is 19.3 Å². The Hall–Kier alpha value is -1.43. The highest BCUT2D eigenvalue weighted by Crippen LogP contribution is 2.37. The van der Waals surface area contributed by atoms with E-state index in [1.807, 2.05) is 32.9 Å². The van der Waals surface area contributed by atoms with Crippen molar-refractivity contribution in [2.45, 2.75) is 32.4 Å². The number of ether oxygens (including phenoxy) is 2. The van der Waals surface area contributed by atoms with Crippen molar-refractivity contribution in [3.8, 4) is 5.75 Å². The predicted octanol–water partition coefficient (Wildman–Crippen LogP) is 3.27. The monoisotopic (exact) mass is 368 g/mol. The Bertz CT molecular complexity index is 585. The Kier molecular flexibility index (Phi) is 3.97. The van der Waals surface area contributed by atoms with Crippen LogP contribution in [-0.2, 0) is 4.74 Å². The Balaban J connectivity index is 1.72. The highest BCUT2D eigenvalue weighted by atomic mass is 79.9. The van der Waals surface area contributed by atoms with Gasteiger partial charge in [-0.15, -0.1) is 0 Å². The molecule has 0 N–H and O–H groups in total. The van der Waals surface area contributed by atoms with Crippen molar-refractivity contribution in [2.75, 3.05) is 31.1 Å². The summed E-state index contributed by atoms with van der Waals surface area (Å²) in [6.07, 6.45) is -0.243. The molecule has 0 unspecified atom stereocenters. The molecule has 0 aromatic heterocycles. The van der Waals surface area contributed by atoms with Crippen LogP contribution in [0.5, 0.6) is 5.75 Å². The van der Waals surface area contributed by atoms with E-state index in [0.29, 0.717) is 19.7 Å². The van der Waals surface area contributed by atoms with Gasteiger partial charge >= 0.3 is 6.09 Å². The first kappa shape index (κ1) is 15.5. The number of hydrogen-bond donors (Lipinski definition) is 0. The number of halogens is 1. The molecule has 2 aliphatic rings. The third-order valence-corrected chi connectivity index (χ3v) is 4.29. The van der Waals surface area contributed by atoms with Crippen LogP contribution in [-0.4, -0.2) is 48.9 Å². The van der Waals surface area contributed by atoms with E-state index >= 15 is 0 Å². The van der Waals surface area contributed by atoms with Crippen LogP contribution in [0.2, 0.25) is 0 Å². The molecule has 5 nitrogen and oxygen atoms in total. The van der Waals surface area contributed by atoms with E-state index in [4.69, 9.17) is 9.47 Å². The van der Waals surface area contributed by atoms with Crippen molar-refractivity contribution in [3.63, 3.8) is 0 Å². The molecule has 0 radical (unpaired) electrons. The fourth-order valence-electron chi connectivity index (χ4n) is 2.83. The summed E-state index contributed by atoms with van der Waals surface area (Å²) in [5.41, 5.74) is 0.629. The van der Waals surface area contributed by atoms with E-state index < -0.39 is 5.60 Å². The minimum atomic E-state index is -0.464. The molecular weight excluding hydrogens is 348 g/mol. The highest BCUT2D eigenvalue weighted by molar-refractivity contribution is 9.10. The first-order valence-electron chi connectivity index (χ1n) is 7.50. The van der Waals surface area contributed by atoms with Crippen LogP contribution in [0, 0.1) is 0 Å². The zero-order valence-corrected chi connectivity index (χ0v) is 14.7. The summed E-state index contributed by atoms with van der Waals surface area (Å²) < 4.78 is 12.3. The predicted molar refractivity (Wildman–Crippen MR) is 88.6 cm³/mol. The van der Waals surface area contributed by atoms with Crippen LogP contribution in [0.4, 0.5) is 10.5 Å². The van der Waals surface area contributed by atoms with E-state index in [2.05, 4.69) is 26.9 Å². The SMILES string of the molecule is CC(C)(C)OC(=O)N1CCN2c3cc(Br)ccc3OC[C@@H]2C1. The summed E-state index contributed by atoms with van der Waals surface area (Å²) in [7, 11) is 0. The van der Waals surface area contributed by atoms with Crippen LogP contribution in [0.3, 0.4) is 0 Å². The van der Waals surface area contributed by atoms with Crippen LogP contribution in [0.25, 0.3) is 0 Å². The van der Waals surface area contributed by atoms with Crippen LogP contribution >= 0.6 is 15.9 Å². The summed E-state index contributed by atoms with van der Waals surface area (Å²) >= 11 is 3.51. The number of fused-ring (bicyclic) bond motifs is 3. The first-order chi connectivity index (χ1) is 10.3. The summed E-state index contributed by atoms with van der Waals surface area (Å²) in [6, 6.07) is 6.21. The molecular formula is C16H21BrN2O3. The molecule has 1 amide bonds. The molecule has 0 bridgehead atoms. The largest absolute Gasteiger partial charge is 0.489 e. The van der Waals surface area contributed by atoms with Crippen molar-refractivity contribution in [2.24, 2.45) is 0 Å². The normalized spacial score (nSPS) is 20.8. The summed E-state index contributed by atoms with van der Waals surface area (Å²) in [6.45, 7) is 8.33. The fraction of sp³-hybridized carbons (Fsp3) is 0.562. The minimum Gasteiger partial charge on any atom is -0.489 e. The maximum absolute atomic E-state index is 12.2. The molecule has 2 heterocycles. The lowest BCUT2D eigenvalue weighted by atomic mass is 10.1. The molecule has 0 spiro atoms. The van der Waals surface area contributed by atoms with Crippen molar-refractivity contribution < 1.29 is 14.3 Å². The van der Waals surface area contributed by atoms with Gasteiger partial charge in [-0.1, -0.05) is 15.9 Å². The van der Waals surface area contributed by atoms with E-state index in [0.717, 1.165) is 22.5 Å². The quantitative estimate of drug-likeness (QED) is 0.704. The first-order valence-corrected chi connectivity index (χ1v) is 8.30. The van der Waals surface area contributed by atoms with Gasteiger partial charge in [-0.05, 0) is 39.0 Å². The number of rotatable bonds is 0. The molecule has 3 rings (SSSR count). The van der Waals surface area contributed by atoms with Gasteiger partial charge in [0.25, 0.3) is 0 Å². The second-order valence-electron chi connectivity index (χ2n) is 6.70. The molecule has 2 aliphatic heterocycles. The van der Waals surface area contributed by atoms with E-state index in [9.17, 15) is 4.79 Å². The third kappa shape index (κ3) is 3.16. The van der Waals surface area contributed by atoms with Gasteiger partial charge in [0.2, 0.25) is 0 Å². The van der Waals surface area contributed by atoms with Gasteiger partial charge in [-0.3, -0.25) is 0 Å². The molecule has 22 heavy (non-hydrogen) atoms. The van der Waals surface area contributed by atoms with Crippen LogP contribution in [0.1, 0.15) is 20.8 Å². The van der Waals surface area contributed by atoms with Crippen molar-refractivity contribution >= 4 is 27.7 Å². The number of nitrogens with zero attached hydrogens (tertiary/aromatic N) is 2. The Labute approximate surface area is 139 Å². The average Bonchev–Trinajstić information content (AvgIpc) is 2.44. The summed E-state index contributed by atoms with van der Waals surface area (Å²) in [5.74, 6) is 0.908. The second kappa shape index (κ2) is 5.65. The van der Waals surface area contributed by atoms with Gasteiger partial charge in [0, 0.05) is 24.1 Å². The van der Waals surface area contributed by atoms with Crippen LogP contribution in [0.15, 0.2) is 22.7 Å². The van der Waals surface area contributed by atoms with Gasteiger partial charge in [-0.25, -0.2) is 4.79 Å². The number of amides is 1. The minimum absolute atomic E-state index is 0.170. The van der Waals surface area contributed by atoms with Gasteiger partial charge in [0.1, 0.15) is 18.0 Å². The Morgan fingerprint density at radius 3 is 2.86 bits per heavy atom. The number of hydrogen-bond acceptors (Lipinski definition) is 4. The highest BCUT2D eigenvalue weighted by Gasteiger charge is 2.35. The van der Waals surface area contributed by atoms with E-state index in [1.165, 1.54) is 0 Å². The van der Waals surface area contributed by atoms with Crippen molar-refractivity contribution in [1.82, 2.24) is 4.90 Å². The zero-order chi connectivity index (χ0) is 15.9. The average molecular weight is 369 g/mol. The van der Waals surface area contributed by atoms with Gasteiger partial charge in [0.05, 0.1) is 11.7 Å². The number of benzene rings is 1. The Morgan fingerprint density at radius 1 is 1.36 bits per heavy atom. The molecule has 1 aromatic rings. The number of carbonyl (C=O) groups is 1. The molecule has 0 saturated carbocycles. The maximum Gasteiger partial charge on any atom is 0.410 e. The maximum atomic E-state index is 12.2. The third-order valence-electron chi connectivity index (χ3n) is 3.80. The topological polar surface area (TPSA) is 42.0 Å². The number of carbonyl (C=O) groups excluding carboxylic acids is 1. The molecule has 1 fully saturated rings.